The van der Waals surface area contributed by atoms with E-state index in [0.29, 0.717) is 29.4 Å². The average Bonchev–Trinajstić information content (AvgIpc) is 3.46. The normalized spacial score (nSPS) is 19.1. The fourth-order valence-corrected chi connectivity index (χ4v) is 6.74. The number of allylic oxidation sites excluding steroid dienone is 1. The predicted octanol–water partition coefficient (Wildman–Crippen LogP) is 3.79. The Labute approximate surface area is 227 Å². The molecule has 38 heavy (non-hydrogen) atoms. The third-order valence-electron chi connectivity index (χ3n) is 6.36. The summed E-state index contributed by atoms with van der Waals surface area (Å²) in [4.78, 5) is 22.0. The van der Waals surface area contributed by atoms with Crippen LogP contribution in [0.3, 0.4) is 0 Å². The van der Waals surface area contributed by atoms with E-state index in [1.807, 2.05) is 0 Å². The van der Waals surface area contributed by atoms with Crippen molar-refractivity contribution in [3.05, 3.63) is 74.5 Å². The number of sulfonamides is 1. The highest BCUT2D eigenvalue weighted by Crippen LogP contribution is 2.41. The molecule has 2 aliphatic heterocycles. The first-order valence-electron chi connectivity index (χ1n) is 11.5. The molecule has 0 saturated carbocycles. The van der Waals surface area contributed by atoms with Gasteiger partial charge in [-0.15, -0.1) is 11.3 Å². The van der Waals surface area contributed by atoms with Gasteiger partial charge in [0.15, 0.2) is 22.5 Å². The second kappa shape index (κ2) is 11.5. The zero-order valence-corrected chi connectivity index (χ0v) is 22.9. The molecule has 1 saturated heterocycles. The van der Waals surface area contributed by atoms with E-state index in [-0.39, 0.29) is 41.7 Å². The van der Waals surface area contributed by atoms with Gasteiger partial charge in [-0.2, -0.15) is 0 Å². The number of aromatic nitrogens is 1. The summed E-state index contributed by atoms with van der Waals surface area (Å²) in [5, 5.41) is 4.95. The fraction of sp³-hybridized carbons (Fsp3) is 0.375. The zero-order chi connectivity index (χ0) is 27.6. The summed E-state index contributed by atoms with van der Waals surface area (Å²) in [6.07, 6.45) is 2.32. The van der Waals surface area contributed by atoms with Crippen LogP contribution in [0.15, 0.2) is 52.3 Å². The Morgan fingerprint density at radius 3 is 2.58 bits per heavy atom. The molecule has 204 valence electrons. The predicted molar refractivity (Wildman–Crippen MR) is 139 cm³/mol. The van der Waals surface area contributed by atoms with Crippen molar-refractivity contribution < 1.29 is 31.5 Å². The second-order valence-electron chi connectivity index (χ2n) is 8.60. The standard InChI is InChI=1S/C24H25ClF2N4O5S2/c1-13(35-2)12-38(33,34)31-9-6-14(7-10-31)20-17(24(32)36-3)21(15-4-5-16(26)19(27)18(15)25)30-22(29-20)23-28-8-11-37-23/h4-5,8,11,14,21H,1,6-7,9-10,12H2,2-3H3,(H,29,30). The SMILES string of the molecule is C=C(CS(=O)(=O)N1CCC(C2=C(C(=O)OC)C(c3ccc(F)c(F)c3Cl)N=C(c3nccs3)N2)CC1)OC. The van der Waals surface area contributed by atoms with Crippen molar-refractivity contribution in [2.45, 2.75) is 18.9 Å². The highest BCUT2D eigenvalue weighted by molar-refractivity contribution is 7.89. The number of hydrogen-bond donors (Lipinski definition) is 1. The number of nitrogens with zero attached hydrogens (tertiary/aromatic N) is 3. The molecule has 1 N–H and O–H groups in total. The molecule has 14 heteroatoms. The fourth-order valence-electron chi connectivity index (χ4n) is 4.42. The van der Waals surface area contributed by atoms with E-state index in [1.165, 1.54) is 35.9 Å². The van der Waals surface area contributed by atoms with Crippen molar-refractivity contribution in [3.63, 3.8) is 0 Å². The number of thiazole rings is 1. The van der Waals surface area contributed by atoms with E-state index in [9.17, 15) is 22.0 Å². The molecule has 0 radical (unpaired) electrons. The largest absolute Gasteiger partial charge is 0.501 e. The lowest BCUT2D eigenvalue weighted by Gasteiger charge is -2.36. The van der Waals surface area contributed by atoms with Crippen LogP contribution in [0.1, 0.15) is 29.5 Å². The summed E-state index contributed by atoms with van der Waals surface area (Å²) >= 11 is 7.48. The van der Waals surface area contributed by atoms with E-state index >= 15 is 0 Å². The Morgan fingerprint density at radius 1 is 1.26 bits per heavy atom. The van der Waals surface area contributed by atoms with Crippen LogP contribution < -0.4 is 5.32 Å². The van der Waals surface area contributed by atoms with Crippen molar-refractivity contribution in [2.24, 2.45) is 10.9 Å². The van der Waals surface area contributed by atoms with E-state index in [1.54, 1.807) is 11.6 Å². The number of carbonyl (C=O) groups excluding carboxylic acids is 1. The van der Waals surface area contributed by atoms with Crippen LogP contribution in [0.4, 0.5) is 8.78 Å². The van der Waals surface area contributed by atoms with Gasteiger partial charge in [-0.25, -0.2) is 31.3 Å². The van der Waals surface area contributed by atoms with Gasteiger partial charge in [-0.05, 0) is 18.9 Å². The number of ether oxygens (including phenoxy) is 2. The third-order valence-corrected chi connectivity index (χ3v) is 9.37. The van der Waals surface area contributed by atoms with Gasteiger partial charge >= 0.3 is 5.97 Å². The van der Waals surface area contributed by atoms with Crippen LogP contribution in [-0.4, -0.2) is 62.6 Å². The molecule has 1 fully saturated rings. The zero-order valence-electron chi connectivity index (χ0n) is 20.5. The topological polar surface area (TPSA) is 110 Å². The van der Waals surface area contributed by atoms with Gasteiger partial charge in [-0.3, -0.25) is 4.99 Å². The van der Waals surface area contributed by atoms with Crippen molar-refractivity contribution in [1.29, 1.82) is 0 Å². The van der Waals surface area contributed by atoms with Crippen molar-refractivity contribution in [2.75, 3.05) is 33.1 Å². The van der Waals surface area contributed by atoms with Gasteiger partial charge in [0, 0.05) is 41.8 Å². The van der Waals surface area contributed by atoms with E-state index in [2.05, 4.69) is 21.9 Å². The Hall–Kier alpha value is -2.87. The molecular weight excluding hydrogens is 562 g/mol. The molecule has 2 aliphatic rings. The molecule has 1 aromatic heterocycles. The number of methoxy groups -OCH3 is 2. The molecular formula is C24H25ClF2N4O5S2. The average molecular weight is 587 g/mol. The van der Waals surface area contributed by atoms with Crippen LogP contribution in [0.2, 0.25) is 5.02 Å². The molecule has 3 heterocycles. The lowest BCUT2D eigenvalue weighted by atomic mass is 9.86. The molecule has 0 aliphatic carbocycles. The summed E-state index contributed by atoms with van der Waals surface area (Å²) in [6.45, 7) is 3.96. The van der Waals surface area contributed by atoms with E-state index < -0.39 is 38.7 Å². The molecule has 0 bridgehead atoms. The van der Waals surface area contributed by atoms with Gasteiger partial charge in [0.25, 0.3) is 0 Å². The molecule has 0 amide bonds. The van der Waals surface area contributed by atoms with Gasteiger partial charge in [0.05, 0.1) is 24.8 Å². The Kier molecular flexibility index (Phi) is 8.50. The number of esters is 1. The maximum absolute atomic E-state index is 14.5. The third kappa shape index (κ3) is 5.60. The Bertz CT molecular complexity index is 1410. The van der Waals surface area contributed by atoms with Gasteiger partial charge in [0.2, 0.25) is 10.0 Å². The van der Waals surface area contributed by atoms with Crippen molar-refractivity contribution in [1.82, 2.24) is 14.6 Å². The van der Waals surface area contributed by atoms with Crippen LogP contribution in [0, 0.1) is 17.6 Å². The van der Waals surface area contributed by atoms with Gasteiger partial charge < -0.3 is 14.8 Å². The van der Waals surface area contributed by atoms with Crippen molar-refractivity contribution in [3.8, 4) is 0 Å². The lowest BCUT2D eigenvalue weighted by molar-refractivity contribution is -0.136. The Balaban J connectivity index is 1.75. The first-order chi connectivity index (χ1) is 18.1. The van der Waals surface area contributed by atoms with E-state index in [0.717, 1.165) is 6.07 Å². The minimum absolute atomic E-state index is 0.0785. The first kappa shape index (κ1) is 28.1. The van der Waals surface area contributed by atoms with Crippen LogP contribution in [0.5, 0.6) is 0 Å². The Morgan fingerprint density at radius 2 is 1.97 bits per heavy atom. The molecule has 9 nitrogen and oxygen atoms in total. The van der Waals surface area contributed by atoms with E-state index in [4.69, 9.17) is 21.1 Å². The smallest absolute Gasteiger partial charge is 0.338 e. The molecule has 4 rings (SSSR count). The number of aliphatic imine (C=N–C) groups is 1. The number of nitrogens with one attached hydrogen (secondary N) is 1. The van der Waals surface area contributed by atoms with Gasteiger partial charge in [-0.1, -0.05) is 24.2 Å². The quantitative estimate of drug-likeness (QED) is 0.285. The lowest BCUT2D eigenvalue weighted by Crippen LogP contribution is -2.44. The van der Waals surface area contributed by atoms with Crippen molar-refractivity contribution >= 4 is 44.8 Å². The van der Waals surface area contributed by atoms with Crippen LogP contribution in [0.25, 0.3) is 0 Å². The van der Waals surface area contributed by atoms with Crippen LogP contribution in [-0.2, 0) is 24.3 Å². The number of amidine groups is 1. The minimum Gasteiger partial charge on any atom is -0.501 e. The highest BCUT2D eigenvalue weighted by atomic mass is 35.5. The number of piperidine rings is 1. The number of halogens is 3. The molecule has 0 spiro atoms. The molecule has 1 aromatic carbocycles. The first-order valence-corrected chi connectivity index (χ1v) is 14.3. The highest BCUT2D eigenvalue weighted by Gasteiger charge is 2.39. The maximum atomic E-state index is 14.5. The molecule has 1 atom stereocenters. The summed E-state index contributed by atoms with van der Waals surface area (Å²) < 4.78 is 65.2. The second-order valence-corrected chi connectivity index (χ2v) is 11.8. The monoisotopic (exact) mass is 586 g/mol. The number of hydrogen-bond acceptors (Lipinski definition) is 9. The number of rotatable bonds is 8. The van der Waals surface area contributed by atoms with Gasteiger partial charge in [0.1, 0.15) is 17.6 Å². The molecule has 2 aromatic rings. The molecule has 1 unspecified atom stereocenters. The number of benzene rings is 1. The number of carbonyl (C=O) groups is 1. The summed E-state index contributed by atoms with van der Waals surface area (Å²) in [5.41, 5.74) is 0.605. The van der Waals surface area contributed by atoms with Crippen LogP contribution >= 0.6 is 22.9 Å². The summed E-state index contributed by atoms with van der Waals surface area (Å²) in [6, 6.07) is 1.08. The summed E-state index contributed by atoms with van der Waals surface area (Å²) in [5.74, 6) is -3.31. The maximum Gasteiger partial charge on any atom is 0.338 e. The minimum atomic E-state index is -3.64. The summed E-state index contributed by atoms with van der Waals surface area (Å²) in [7, 11) is -1.08.